The molecule has 0 aromatic heterocycles. The molecule has 0 aliphatic heterocycles. The van der Waals surface area contributed by atoms with Crippen LogP contribution in [0.4, 0.5) is 5.69 Å². The summed E-state index contributed by atoms with van der Waals surface area (Å²) in [6.07, 6.45) is 2.29. The molecule has 0 bridgehead atoms. The van der Waals surface area contributed by atoms with Crippen molar-refractivity contribution in [2.45, 2.75) is 13.3 Å². The Morgan fingerprint density at radius 3 is 2.76 bits per heavy atom. The van der Waals surface area contributed by atoms with E-state index in [9.17, 15) is 14.9 Å². The third kappa shape index (κ3) is 3.41. The Labute approximate surface area is 99.3 Å². The van der Waals surface area contributed by atoms with E-state index >= 15 is 0 Å². The number of rotatable bonds is 5. The highest BCUT2D eigenvalue weighted by atomic mass is 16.6. The number of nitrogens with zero attached hydrogens (tertiary/aromatic N) is 1. The van der Waals surface area contributed by atoms with Gasteiger partial charge in [0.1, 0.15) is 0 Å². The number of nitro groups is 1. The van der Waals surface area contributed by atoms with Gasteiger partial charge in [0.25, 0.3) is 11.6 Å². The summed E-state index contributed by atoms with van der Waals surface area (Å²) in [4.78, 5) is 21.9. The molecule has 1 aromatic carbocycles. The number of amides is 1. The highest BCUT2D eigenvalue weighted by Gasteiger charge is 2.13. The van der Waals surface area contributed by atoms with Crippen LogP contribution in [0, 0.1) is 10.1 Å². The Kier molecular flexibility index (Phi) is 4.39. The van der Waals surface area contributed by atoms with Gasteiger partial charge in [-0.2, -0.15) is 0 Å². The molecule has 1 amide bonds. The minimum Gasteiger partial charge on any atom is -0.352 e. The molecule has 90 valence electrons. The maximum absolute atomic E-state index is 11.7. The fraction of sp³-hybridized carbons (Fsp3) is 0.250. The first-order valence-electron chi connectivity index (χ1n) is 5.28. The Hall–Kier alpha value is -2.17. The van der Waals surface area contributed by atoms with Gasteiger partial charge in [-0.1, -0.05) is 19.6 Å². The largest absolute Gasteiger partial charge is 0.352 e. The first-order valence-corrected chi connectivity index (χ1v) is 5.28. The summed E-state index contributed by atoms with van der Waals surface area (Å²) in [6.45, 7) is 6.02. The molecule has 0 spiro atoms. The Bertz CT molecular complexity index is 455. The fourth-order valence-electron chi connectivity index (χ4n) is 1.33. The van der Waals surface area contributed by atoms with Crippen LogP contribution in [-0.2, 0) is 0 Å². The molecular weight excluding hydrogens is 220 g/mol. The van der Waals surface area contributed by atoms with Crippen LogP contribution in [-0.4, -0.2) is 17.4 Å². The van der Waals surface area contributed by atoms with Crippen LogP contribution in [0.1, 0.15) is 29.3 Å². The number of non-ortho nitro benzene ring substituents is 1. The lowest BCUT2D eigenvalue weighted by atomic mass is 10.1. The topological polar surface area (TPSA) is 72.2 Å². The van der Waals surface area contributed by atoms with Crippen molar-refractivity contribution in [1.82, 2.24) is 5.32 Å². The van der Waals surface area contributed by atoms with Gasteiger partial charge in [0.15, 0.2) is 0 Å². The molecule has 0 atom stereocenters. The van der Waals surface area contributed by atoms with Gasteiger partial charge in [-0.05, 0) is 18.1 Å². The lowest BCUT2D eigenvalue weighted by Crippen LogP contribution is -2.24. The Morgan fingerprint density at radius 1 is 1.53 bits per heavy atom. The zero-order valence-corrected chi connectivity index (χ0v) is 9.60. The van der Waals surface area contributed by atoms with Crippen molar-refractivity contribution >= 4 is 17.7 Å². The summed E-state index contributed by atoms with van der Waals surface area (Å²) >= 11 is 0. The molecule has 1 aromatic rings. The van der Waals surface area contributed by atoms with E-state index < -0.39 is 4.92 Å². The quantitative estimate of drug-likeness (QED) is 0.628. The van der Waals surface area contributed by atoms with E-state index in [4.69, 9.17) is 0 Å². The molecule has 0 aliphatic rings. The number of hydrogen-bond donors (Lipinski definition) is 1. The molecule has 0 saturated heterocycles. The number of carbonyl (C=O) groups is 1. The highest BCUT2D eigenvalue weighted by Crippen LogP contribution is 2.18. The predicted molar refractivity (Wildman–Crippen MR) is 65.8 cm³/mol. The first-order chi connectivity index (χ1) is 8.08. The van der Waals surface area contributed by atoms with Gasteiger partial charge in [-0.15, -0.1) is 0 Å². The van der Waals surface area contributed by atoms with E-state index in [0.29, 0.717) is 12.1 Å². The standard InChI is InChI=1S/C12H14N2O3/c1-3-5-13-12(15)10-6-9(4-2)7-11(8-10)14(16)17/h4,6-8H,2-3,5H2,1H3,(H,13,15). The summed E-state index contributed by atoms with van der Waals surface area (Å²) in [6, 6.07) is 4.21. The van der Waals surface area contributed by atoms with Crippen LogP contribution >= 0.6 is 0 Å². The van der Waals surface area contributed by atoms with Crippen molar-refractivity contribution in [2.75, 3.05) is 6.54 Å². The van der Waals surface area contributed by atoms with E-state index in [2.05, 4.69) is 11.9 Å². The second-order valence-electron chi connectivity index (χ2n) is 3.53. The van der Waals surface area contributed by atoms with Crippen molar-refractivity contribution in [1.29, 1.82) is 0 Å². The molecule has 17 heavy (non-hydrogen) atoms. The molecule has 0 fully saturated rings. The molecule has 0 aliphatic carbocycles. The molecular formula is C12H14N2O3. The molecule has 0 heterocycles. The number of hydrogen-bond acceptors (Lipinski definition) is 3. The van der Waals surface area contributed by atoms with E-state index in [-0.39, 0.29) is 17.2 Å². The van der Waals surface area contributed by atoms with Crippen LogP contribution < -0.4 is 5.32 Å². The molecule has 5 heteroatoms. The highest BCUT2D eigenvalue weighted by molar-refractivity contribution is 5.95. The minimum atomic E-state index is -0.524. The van der Waals surface area contributed by atoms with Gasteiger partial charge in [0.05, 0.1) is 4.92 Å². The number of benzene rings is 1. The molecule has 0 saturated carbocycles. The third-order valence-corrected chi connectivity index (χ3v) is 2.18. The van der Waals surface area contributed by atoms with Crippen molar-refractivity contribution in [3.05, 3.63) is 46.0 Å². The molecule has 1 N–H and O–H groups in total. The van der Waals surface area contributed by atoms with Crippen LogP contribution in [0.2, 0.25) is 0 Å². The van der Waals surface area contributed by atoms with Crippen LogP contribution in [0.15, 0.2) is 24.8 Å². The number of nitro benzene ring substituents is 1. The Balaban J connectivity index is 3.06. The maximum atomic E-state index is 11.7. The average Bonchev–Trinajstić information content (AvgIpc) is 2.35. The van der Waals surface area contributed by atoms with E-state index in [1.165, 1.54) is 18.2 Å². The van der Waals surface area contributed by atoms with Crippen molar-refractivity contribution in [3.63, 3.8) is 0 Å². The van der Waals surface area contributed by atoms with Crippen molar-refractivity contribution in [3.8, 4) is 0 Å². The lowest BCUT2D eigenvalue weighted by Gasteiger charge is -2.04. The van der Waals surface area contributed by atoms with Crippen LogP contribution in [0.5, 0.6) is 0 Å². The monoisotopic (exact) mass is 234 g/mol. The normalized spacial score (nSPS) is 9.71. The van der Waals surface area contributed by atoms with Gasteiger partial charge in [-0.3, -0.25) is 14.9 Å². The first kappa shape index (κ1) is 12.9. The third-order valence-electron chi connectivity index (χ3n) is 2.18. The van der Waals surface area contributed by atoms with Gasteiger partial charge in [0.2, 0.25) is 0 Å². The molecule has 5 nitrogen and oxygen atoms in total. The maximum Gasteiger partial charge on any atom is 0.270 e. The Morgan fingerprint density at radius 2 is 2.24 bits per heavy atom. The van der Waals surface area contributed by atoms with Crippen molar-refractivity contribution < 1.29 is 9.72 Å². The second kappa shape index (κ2) is 5.79. The zero-order chi connectivity index (χ0) is 12.8. The summed E-state index contributed by atoms with van der Waals surface area (Å²) in [5.41, 5.74) is 0.729. The predicted octanol–water partition coefficient (Wildman–Crippen LogP) is 2.38. The van der Waals surface area contributed by atoms with Gasteiger partial charge in [0, 0.05) is 24.2 Å². The summed E-state index contributed by atoms with van der Waals surface area (Å²) < 4.78 is 0. The van der Waals surface area contributed by atoms with Gasteiger partial charge in [-0.25, -0.2) is 0 Å². The summed E-state index contributed by atoms with van der Waals surface area (Å²) in [5.74, 6) is -0.307. The number of nitrogens with one attached hydrogen (secondary N) is 1. The fourth-order valence-corrected chi connectivity index (χ4v) is 1.33. The van der Waals surface area contributed by atoms with Crippen LogP contribution in [0.25, 0.3) is 6.08 Å². The van der Waals surface area contributed by atoms with E-state index in [1.54, 1.807) is 6.07 Å². The summed E-state index contributed by atoms with van der Waals surface area (Å²) in [7, 11) is 0. The van der Waals surface area contributed by atoms with E-state index in [1.807, 2.05) is 6.92 Å². The molecule has 0 unspecified atom stereocenters. The average molecular weight is 234 g/mol. The van der Waals surface area contributed by atoms with Gasteiger partial charge < -0.3 is 5.32 Å². The lowest BCUT2D eigenvalue weighted by molar-refractivity contribution is -0.384. The van der Waals surface area contributed by atoms with E-state index in [0.717, 1.165) is 6.42 Å². The molecule has 0 radical (unpaired) electrons. The smallest absolute Gasteiger partial charge is 0.270 e. The van der Waals surface area contributed by atoms with Crippen molar-refractivity contribution in [2.24, 2.45) is 0 Å². The number of carbonyl (C=O) groups excluding carboxylic acids is 1. The van der Waals surface area contributed by atoms with Gasteiger partial charge >= 0.3 is 0 Å². The zero-order valence-electron chi connectivity index (χ0n) is 9.60. The SMILES string of the molecule is C=Cc1cc(C(=O)NCCC)cc([N+](=O)[O-])c1. The minimum absolute atomic E-state index is 0.107. The summed E-state index contributed by atoms with van der Waals surface area (Å²) in [5, 5.41) is 13.4. The van der Waals surface area contributed by atoms with Crippen LogP contribution in [0.3, 0.4) is 0 Å². The second-order valence-corrected chi connectivity index (χ2v) is 3.53. The molecule has 1 rings (SSSR count).